The summed E-state index contributed by atoms with van der Waals surface area (Å²) >= 11 is 0. The van der Waals surface area contributed by atoms with Crippen molar-refractivity contribution < 1.29 is 13.9 Å². The highest BCUT2D eigenvalue weighted by atomic mass is 19.1. The molecule has 2 aromatic carbocycles. The second-order valence-corrected chi connectivity index (χ2v) is 11.6. The van der Waals surface area contributed by atoms with Gasteiger partial charge in [0.25, 0.3) is 5.91 Å². The molecule has 43 heavy (non-hydrogen) atoms. The summed E-state index contributed by atoms with van der Waals surface area (Å²) in [6.07, 6.45) is 1.92. The average molecular weight is 584 g/mol. The molecule has 0 radical (unpaired) electrons. The number of aryl methyl sites for hydroxylation is 1. The van der Waals surface area contributed by atoms with Crippen LogP contribution in [0.5, 0.6) is 6.01 Å². The highest BCUT2D eigenvalue weighted by molar-refractivity contribution is 5.97. The Kier molecular flexibility index (Phi) is 8.17. The zero-order valence-corrected chi connectivity index (χ0v) is 24.9. The van der Waals surface area contributed by atoms with Crippen LogP contribution in [0.4, 0.5) is 15.9 Å². The van der Waals surface area contributed by atoms with Crippen molar-refractivity contribution in [2.24, 2.45) is 0 Å². The van der Waals surface area contributed by atoms with E-state index in [1.807, 2.05) is 0 Å². The number of hydrogen-bond acceptors (Lipinski definition) is 8. The largest absolute Gasteiger partial charge is 0.462 e. The zero-order chi connectivity index (χ0) is 30.1. The summed E-state index contributed by atoms with van der Waals surface area (Å²) < 4.78 is 20.0. The third-order valence-electron chi connectivity index (χ3n) is 9.13. The lowest BCUT2D eigenvalue weighted by Crippen LogP contribution is -2.55. The van der Waals surface area contributed by atoms with Crippen molar-refractivity contribution >= 4 is 28.2 Å². The number of nitrogens with zero attached hydrogens (tertiary/aromatic N) is 7. The summed E-state index contributed by atoms with van der Waals surface area (Å²) in [5, 5.41) is 12.0. The van der Waals surface area contributed by atoms with Gasteiger partial charge in [0.15, 0.2) is 5.83 Å². The van der Waals surface area contributed by atoms with Crippen LogP contribution in [0.2, 0.25) is 0 Å². The predicted molar refractivity (Wildman–Crippen MR) is 165 cm³/mol. The van der Waals surface area contributed by atoms with Gasteiger partial charge < -0.3 is 19.4 Å². The Morgan fingerprint density at radius 1 is 1.12 bits per heavy atom. The van der Waals surface area contributed by atoms with Gasteiger partial charge in [0.05, 0.1) is 30.8 Å². The minimum Gasteiger partial charge on any atom is -0.462 e. The standard InChI is InChI=1S/C33H38FN7O2/c1-4-38-15-12-26(38)21-43-33-36-28-20-39(29-10-6-9-24-8-5-7-22(2)30(24)29)16-13-27(28)31(37-33)40-17-18-41(32(42)23(3)34)25(19-40)11-14-35/h5-10,25-26H,3-4,11-13,15-21H2,1-2H3/t25-,26?/m0/s1. The smallest absolute Gasteiger partial charge is 0.318 e. The van der Waals surface area contributed by atoms with Gasteiger partial charge in [0, 0.05) is 55.4 Å². The first-order valence-corrected chi connectivity index (χ1v) is 15.1. The van der Waals surface area contributed by atoms with Crippen LogP contribution in [0.1, 0.15) is 36.6 Å². The van der Waals surface area contributed by atoms with Crippen molar-refractivity contribution in [3.8, 4) is 12.1 Å². The predicted octanol–water partition coefficient (Wildman–Crippen LogP) is 4.39. The number of aromatic nitrogens is 2. The molecule has 1 aromatic heterocycles. The van der Waals surface area contributed by atoms with E-state index in [1.165, 1.54) is 26.9 Å². The van der Waals surface area contributed by atoms with E-state index >= 15 is 0 Å². The van der Waals surface area contributed by atoms with Crippen molar-refractivity contribution in [1.29, 1.82) is 5.26 Å². The molecule has 0 spiro atoms. The van der Waals surface area contributed by atoms with Gasteiger partial charge in [-0.2, -0.15) is 15.2 Å². The third kappa shape index (κ3) is 5.62. The molecule has 0 saturated carbocycles. The number of likely N-dealkylation sites (N-methyl/N-ethyl adjacent to an activating group) is 1. The number of halogens is 1. The number of carbonyl (C=O) groups excluding carboxylic acids is 1. The Hall–Kier alpha value is -4.23. The Morgan fingerprint density at radius 2 is 1.93 bits per heavy atom. The first-order valence-electron chi connectivity index (χ1n) is 15.1. The number of fused-ring (bicyclic) bond motifs is 2. The van der Waals surface area contributed by atoms with Gasteiger partial charge >= 0.3 is 6.01 Å². The second kappa shape index (κ2) is 12.2. The normalized spacial score (nSPS) is 20.4. The Labute approximate surface area is 252 Å². The van der Waals surface area contributed by atoms with Crippen LogP contribution in [0.25, 0.3) is 10.8 Å². The molecule has 6 rings (SSSR count). The molecule has 3 aromatic rings. The number of amides is 1. The van der Waals surface area contributed by atoms with Crippen LogP contribution in [0.15, 0.2) is 48.8 Å². The number of benzene rings is 2. The Bertz CT molecular complexity index is 1580. The van der Waals surface area contributed by atoms with Crippen LogP contribution >= 0.6 is 0 Å². The van der Waals surface area contributed by atoms with Gasteiger partial charge in [-0.15, -0.1) is 0 Å². The van der Waals surface area contributed by atoms with Crippen molar-refractivity contribution in [3.63, 3.8) is 0 Å². The lowest BCUT2D eigenvalue weighted by Gasteiger charge is -2.42. The minimum absolute atomic E-state index is 0.0922. The fourth-order valence-electron chi connectivity index (χ4n) is 6.71. The number of ether oxygens (including phenoxy) is 1. The number of nitriles is 1. The molecule has 4 heterocycles. The SMILES string of the molecule is C=C(F)C(=O)N1CCN(c2nc(OCC3CCN3CC)nc3c2CCN(c2cccc4cccc(C)c24)C3)C[C@@H]1CC#N. The number of likely N-dealkylation sites (tertiary alicyclic amines) is 1. The highest BCUT2D eigenvalue weighted by Crippen LogP contribution is 2.36. The molecule has 3 aliphatic rings. The summed E-state index contributed by atoms with van der Waals surface area (Å²) in [6.45, 7) is 12.6. The van der Waals surface area contributed by atoms with E-state index in [1.54, 1.807) is 0 Å². The summed E-state index contributed by atoms with van der Waals surface area (Å²) in [6, 6.07) is 15.2. The molecule has 10 heteroatoms. The Balaban J connectivity index is 1.33. The summed E-state index contributed by atoms with van der Waals surface area (Å²) in [5.74, 6) is -0.980. The van der Waals surface area contributed by atoms with Gasteiger partial charge in [-0.25, -0.2) is 4.39 Å². The van der Waals surface area contributed by atoms with Gasteiger partial charge in [0.2, 0.25) is 0 Å². The van der Waals surface area contributed by atoms with Gasteiger partial charge in [-0.05, 0) is 43.3 Å². The number of hydrogen-bond donors (Lipinski definition) is 0. The monoisotopic (exact) mass is 583 g/mol. The van der Waals surface area contributed by atoms with E-state index in [4.69, 9.17) is 14.7 Å². The van der Waals surface area contributed by atoms with Gasteiger partial charge in [0.1, 0.15) is 12.4 Å². The molecule has 0 bridgehead atoms. The third-order valence-corrected chi connectivity index (χ3v) is 9.13. The van der Waals surface area contributed by atoms with E-state index < -0.39 is 17.8 Å². The fourth-order valence-corrected chi connectivity index (χ4v) is 6.71. The quantitative estimate of drug-likeness (QED) is 0.361. The average Bonchev–Trinajstić information content (AvgIpc) is 3.00. The molecular formula is C33H38FN7O2. The van der Waals surface area contributed by atoms with E-state index in [0.717, 1.165) is 49.6 Å². The lowest BCUT2D eigenvalue weighted by molar-refractivity contribution is -0.131. The van der Waals surface area contributed by atoms with E-state index in [9.17, 15) is 14.4 Å². The number of carbonyl (C=O) groups is 1. The van der Waals surface area contributed by atoms with Crippen LogP contribution < -0.4 is 14.5 Å². The van der Waals surface area contributed by atoms with E-state index in [0.29, 0.717) is 38.3 Å². The minimum atomic E-state index is -1.01. The van der Waals surface area contributed by atoms with Crippen LogP contribution in [-0.2, 0) is 17.8 Å². The number of piperazine rings is 1. The van der Waals surface area contributed by atoms with Crippen molar-refractivity contribution in [3.05, 3.63) is 65.6 Å². The zero-order valence-electron chi connectivity index (χ0n) is 24.9. The topological polar surface area (TPSA) is 88.8 Å². The van der Waals surface area contributed by atoms with Crippen LogP contribution in [0.3, 0.4) is 0 Å². The molecule has 9 nitrogen and oxygen atoms in total. The maximum atomic E-state index is 13.8. The second-order valence-electron chi connectivity index (χ2n) is 11.6. The number of rotatable bonds is 8. The van der Waals surface area contributed by atoms with E-state index in [2.05, 4.69) is 77.6 Å². The molecule has 3 aliphatic heterocycles. The first-order chi connectivity index (χ1) is 20.9. The van der Waals surface area contributed by atoms with E-state index in [-0.39, 0.29) is 13.0 Å². The summed E-state index contributed by atoms with van der Waals surface area (Å²) in [7, 11) is 0. The van der Waals surface area contributed by atoms with Crippen molar-refractivity contribution in [1.82, 2.24) is 19.8 Å². The van der Waals surface area contributed by atoms with Crippen LogP contribution in [-0.4, -0.2) is 83.6 Å². The van der Waals surface area contributed by atoms with Gasteiger partial charge in [-0.3, -0.25) is 9.69 Å². The molecule has 224 valence electrons. The maximum Gasteiger partial charge on any atom is 0.318 e. The first kappa shape index (κ1) is 28.9. The van der Waals surface area contributed by atoms with Crippen molar-refractivity contribution in [2.45, 2.75) is 51.7 Å². The Morgan fingerprint density at radius 3 is 2.65 bits per heavy atom. The molecule has 1 amide bonds. The molecule has 1 unspecified atom stereocenters. The summed E-state index contributed by atoms with van der Waals surface area (Å²) in [4.78, 5) is 30.7. The molecule has 2 atom stereocenters. The van der Waals surface area contributed by atoms with Crippen molar-refractivity contribution in [2.75, 3.05) is 55.7 Å². The lowest BCUT2D eigenvalue weighted by atomic mass is 9.99. The maximum absolute atomic E-state index is 13.8. The molecule has 2 saturated heterocycles. The fraction of sp³-hybridized carbons (Fsp3) is 0.455. The highest BCUT2D eigenvalue weighted by Gasteiger charge is 2.35. The number of anilines is 2. The van der Waals surface area contributed by atoms with Gasteiger partial charge in [-0.1, -0.05) is 43.8 Å². The molecule has 0 N–H and O–H groups in total. The molecule has 0 aliphatic carbocycles. The molecular weight excluding hydrogens is 545 g/mol. The summed E-state index contributed by atoms with van der Waals surface area (Å²) in [5.41, 5.74) is 4.40. The van der Waals surface area contributed by atoms with Crippen LogP contribution in [0, 0.1) is 18.3 Å². The molecule has 2 fully saturated rings.